The molecule has 0 spiro atoms. The van der Waals surface area contributed by atoms with E-state index in [0.717, 1.165) is 18.9 Å². The smallest absolute Gasteiger partial charge is 0.0524 e. The third-order valence-electron chi connectivity index (χ3n) is 2.60. The molecule has 0 aromatic rings. The molecular formula is C10H21NO. The van der Waals surface area contributed by atoms with Gasteiger partial charge in [0.05, 0.1) is 6.10 Å². The van der Waals surface area contributed by atoms with Crippen molar-refractivity contribution >= 4 is 0 Å². The van der Waals surface area contributed by atoms with Crippen molar-refractivity contribution in [2.45, 2.75) is 51.7 Å². The van der Waals surface area contributed by atoms with Crippen LogP contribution >= 0.6 is 0 Å². The Morgan fingerprint density at radius 2 is 2.17 bits per heavy atom. The fourth-order valence-electron chi connectivity index (χ4n) is 1.62. The highest BCUT2D eigenvalue weighted by molar-refractivity contribution is 4.85. The van der Waals surface area contributed by atoms with Gasteiger partial charge in [-0.1, -0.05) is 6.92 Å². The van der Waals surface area contributed by atoms with E-state index in [-0.39, 0.29) is 6.10 Å². The summed E-state index contributed by atoms with van der Waals surface area (Å²) in [6.45, 7) is 5.05. The maximum absolute atomic E-state index is 9.05. The molecule has 0 aromatic heterocycles. The third-order valence-corrected chi connectivity index (χ3v) is 2.60. The Morgan fingerprint density at radius 1 is 1.50 bits per heavy atom. The molecular weight excluding hydrogens is 150 g/mol. The summed E-state index contributed by atoms with van der Waals surface area (Å²) in [7, 11) is 0. The average Bonchev–Trinajstić information content (AvgIpc) is 2.80. The second-order valence-electron chi connectivity index (χ2n) is 3.94. The highest BCUT2D eigenvalue weighted by Gasteiger charge is 2.29. The molecule has 0 saturated heterocycles. The average molecular weight is 171 g/mol. The summed E-state index contributed by atoms with van der Waals surface area (Å²) >= 11 is 0. The summed E-state index contributed by atoms with van der Waals surface area (Å²) in [4.78, 5) is 0. The maximum Gasteiger partial charge on any atom is 0.0524 e. The summed E-state index contributed by atoms with van der Waals surface area (Å²) in [5.74, 6) is 0.934. The first kappa shape index (κ1) is 10.0. The van der Waals surface area contributed by atoms with Crippen LogP contribution in [-0.2, 0) is 0 Å². The SMILES string of the molecule is CCC(NCCC(C)O)C1CC1. The number of aliphatic hydroxyl groups excluding tert-OH is 1. The lowest BCUT2D eigenvalue weighted by Gasteiger charge is -2.16. The molecule has 0 amide bonds. The zero-order valence-electron chi connectivity index (χ0n) is 8.21. The van der Waals surface area contributed by atoms with E-state index in [1.54, 1.807) is 0 Å². The lowest BCUT2D eigenvalue weighted by atomic mass is 10.1. The molecule has 2 atom stereocenters. The Hall–Kier alpha value is -0.0800. The van der Waals surface area contributed by atoms with Crippen LogP contribution < -0.4 is 5.32 Å². The topological polar surface area (TPSA) is 32.3 Å². The third kappa shape index (κ3) is 3.55. The number of hydrogen-bond donors (Lipinski definition) is 2. The Morgan fingerprint density at radius 3 is 2.58 bits per heavy atom. The van der Waals surface area contributed by atoms with E-state index >= 15 is 0 Å². The van der Waals surface area contributed by atoms with E-state index in [0.29, 0.717) is 6.04 Å². The molecule has 2 nitrogen and oxygen atoms in total. The molecule has 12 heavy (non-hydrogen) atoms. The van der Waals surface area contributed by atoms with Gasteiger partial charge in [0, 0.05) is 6.04 Å². The zero-order chi connectivity index (χ0) is 8.97. The molecule has 0 heterocycles. The minimum atomic E-state index is -0.158. The van der Waals surface area contributed by atoms with Gasteiger partial charge in [-0.3, -0.25) is 0 Å². The summed E-state index contributed by atoms with van der Waals surface area (Å²) in [5.41, 5.74) is 0. The van der Waals surface area contributed by atoms with Crippen LogP contribution in [0.2, 0.25) is 0 Å². The predicted molar refractivity (Wildman–Crippen MR) is 51.1 cm³/mol. The number of aliphatic hydroxyl groups is 1. The van der Waals surface area contributed by atoms with Crippen LogP contribution in [0.4, 0.5) is 0 Å². The normalized spacial score (nSPS) is 22.2. The first-order chi connectivity index (χ1) is 5.74. The quantitative estimate of drug-likeness (QED) is 0.635. The zero-order valence-corrected chi connectivity index (χ0v) is 8.21. The van der Waals surface area contributed by atoms with E-state index in [1.165, 1.54) is 19.3 Å². The van der Waals surface area contributed by atoms with Gasteiger partial charge in [-0.25, -0.2) is 0 Å². The standard InChI is InChI=1S/C10H21NO/c1-3-10(9-4-5-9)11-7-6-8(2)12/h8-12H,3-7H2,1-2H3. The van der Waals surface area contributed by atoms with Crippen LogP contribution in [0.15, 0.2) is 0 Å². The second kappa shape index (κ2) is 4.83. The largest absolute Gasteiger partial charge is 0.393 e. The summed E-state index contributed by atoms with van der Waals surface area (Å²) < 4.78 is 0. The van der Waals surface area contributed by atoms with Gasteiger partial charge < -0.3 is 10.4 Å². The van der Waals surface area contributed by atoms with Gasteiger partial charge in [0.25, 0.3) is 0 Å². The molecule has 1 fully saturated rings. The fourth-order valence-corrected chi connectivity index (χ4v) is 1.62. The molecule has 0 radical (unpaired) electrons. The van der Waals surface area contributed by atoms with E-state index in [4.69, 9.17) is 5.11 Å². The Labute approximate surface area is 75.4 Å². The van der Waals surface area contributed by atoms with E-state index in [2.05, 4.69) is 12.2 Å². The molecule has 2 heteroatoms. The first-order valence-electron chi connectivity index (χ1n) is 5.15. The first-order valence-corrected chi connectivity index (χ1v) is 5.15. The minimum absolute atomic E-state index is 0.158. The van der Waals surface area contributed by atoms with Gasteiger partial charge in [-0.15, -0.1) is 0 Å². The van der Waals surface area contributed by atoms with Gasteiger partial charge in [0.1, 0.15) is 0 Å². The van der Waals surface area contributed by atoms with Crippen LogP contribution in [0.5, 0.6) is 0 Å². The molecule has 72 valence electrons. The minimum Gasteiger partial charge on any atom is -0.393 e. The van der Waals surface area contributed by atoms with Crippen molar-refractivity contribution in [3.05, 3.63) is 0 Å². The van der Waals surface area contributed by atoms with Gasteiger partial charge in [0.2, 0.25) is 0 Å². The number of hydrogen-bond acceptors (Lipinski definition) is 2. The van der Waals surface area contributed by atoms with Crippen molar-refractivity contribution in [1.82, 2.24) is 5.32 Å². The van der Waals surface area contributed by atoms with Crippen LogP contribution in [0.25, 0.3) is 0 Å². The lowest BCUT2D eigenvalue weighted by Crippen LogP contribution is -2.32. The molecule has 0 aromatic carbocycles. The Balaban J connectivity index is 2.02. The predicted octanol–water partition coefficient (Wildman–Crippen LogP) is 1.54. The van der Waals surface area contributed by atoms with Gasteiger partial charge >= 0.3 is 0 Å². The molecule has 1 aliphatic rings. The summed E-state index contributed by atoms with van der Waals surface area (Å²) in [6.07, 6.45) is 4.75. The Bertz CT molecular complexity index is 121. The van der Waals surface area contributed by atoms with Gasteiger partial charge in [-0.2, -0.15) is 0 Å². The maximum atomic E-state index is 9.05. The second-order valence-corrected chi connectivity index (χ2v) is 3.94. The molecule has 0 aliphatic heterocycles. The monoisotopic (exact) mass is 171 g/mol. The van der Waals surface area contributed by atoms with Crippen molar-refractivity contribution in [2.24, 2.45) is 5.92 Å². The van der Waals surface area contributed by atoms with Crippen molar-refractivity contribution in [3.63, 3.8) is 0 Å². The number of nitrogens with one attached hydrogen (secondary N) is 1. The molecule has 1 aliphatic carbocycles. The number of rotatable bonds is 6. The van der Waals surface area contributed by atoms with Crippen LogP contribution in [0, 0.1) is 5.92 Å². The fraction of sp³-hybridized carbons (Fsp3) is 1.00. The molecule has 2 unspecified atom stereocenters. The highest BCUT2D eigenvalue weighted by Crippen LogP contribution is 2.33. The van der Waals surface area contributed by atoms with Gasteiger partial charge in [0.15, 0.2) is 0 Å². The van der Waals surface area contributed by atoms with Crippen LogP contribution in [-0.4, -0.2) is 23.8 Å². The van der Waals surface area contributed by atoms with Gasteiger partial charge in [-0.05, 0) is 45.1 Å². The van der Waals surface area contributed by atoms with E-state index < -0.39 is 0 Å². The van der Waals surface area contributed by atoms with Crippen molar-refractivity contribution < 1.29 is 5.11 Å². The van der Waals surface area contributed by atoms with Crippen LogP contribution in [0.1, 0.15) is 39.5 Å². The lowest BCUT2D eigenvalue weighted by molar-refractivity contribution is 0.181. The van der Waals surface area contributed by atoms with Crippen molar-refractivity contribution in [3.8, 4) is 0 Å². The van der Waals surface area contributed by atoms with Crippen molar-refractivity contribution in [2.75, 3.05) is 6.54 Å². The molecule has 0 bridgehead atoms. The van der Waals surface area contributed by atoms with E-state index in [1.807, 2.05) is 6.92 Å². The summed E-state index contributed by atoms with van der Waals surface area (Å²) in [6, 6.07) is 0.712. The molecule has 1 rings (SSSR count). The molecule has 2 N–H and O–H groups in total. The Kier molecular flexibility index (Phi) is 4.02. The van der Waals surface area contributed by atoms with E-state index in [9.17, 15) is 0 Å². The highest BCUT2D eigenvalue weighted by atomic mass is 16.3. The molecule has 1 saturated carbocycles. The van der Waals surface area contributed by atoms with Crippen LogP contribution in [0.3, 0.4) is 0 Å². The van der Waals surface area contributed by atoms with Crippen molar-refractivity contribution in [1.29, 1.82) is 0 Å². The summed E-state index contributed by atoms with van der Waals surface area (Å²) in [5, 5.41) is 12.6.